The number of aliphatic hydroxyl groups excluding tert-OH is 1. The Morgan fingerprint density at radius 3 is 2.31 bits per heavy atom. The van der Waals surface area contributed by atoms with Gasteiger partial charge < -0.3 is 24.1 Å². The first-order valence-corrected chi connectivity index (χ1v) is 12.2. The first-order valence-electron chi connectivity index (χ1n) is 12.2. The summed E-state index contributed by atoms with van der Waals surface area (Å²) in [4.78, 5) is 2.13. The minimum atomic E-state index is -0.649. The second kappa shape index (κ2) is 12.9. The monoisotopic (exact) mass is 497 g/mol. The lowest BCUT2D eigenvalue weighted by atomic mass is 10.2. The van der Waals surface area contributed by atoms with Crippen LogP contribution in [0.5, 0.6) is 17.4 Å². The molecule has 0 aliphatic heterocycles. The zero-order valence-electron chi connectivity index (χ0n) is 22.2. The molecule has 0 aliphatic rings. The van der Waals surface area contributed by atoms with Gasteiger partial charge in [-0.2, -0.15) is 5.10 Å². The van der Waals surface area contributed by atoms with Crippen LogP contribution in [0.15, 0.2) is 54.6 Å². The summed E-state index contributed by atoms with van der Waals surface area (Å²) >= 11 is 0. The van der Waals surface area contributed by atoms with Crippen LogP contribution in [-0.2, 0) is 16.0 Å². The summed E-state index contributed by atoms with van der Waals surface area (Å²) in [5, 5.41) is 15.5. The summed E-state index contributed by atoms with van der Waals surface area (Å²) < 4.78 is 24.9. The zero-order valence-corrected chi connectivity index (χ0v) is 22.2. The van der Waals surface area contributed by atoms with Crippen LogP contribution in [0.3, 0.4) is 0 Å². The van der Waals surface area contributed by atoms with E-state index in [1.165, 1.54) is 0 Å². The van der Waals surface area contributed by atoms with Gasteiger partial charge in [-0.25, -0.2) is 4.68 Å². The zero-order chi connectivity index (χ0) is 26.1. The number of hydrogen-bond acceptors (Lipinski definition) is 7. The maximum atomic E-state index is 10.7. The highest BCUT2D eigenvalue weighted by molar-refractivity contribution is 5.47. The van der Waals surface area contributed by atoms with Crippen molar-refractivity contribution in [3.05, 3.63) is 65.9 Å². The summed E-state index contributed by atoms with van der Waals surface area (Å²) in [5.41, 5.74) is 2.33. The molecule has 0 aliphatic carbocycles. The van der Waals surface area contributed by atoms with E-state index in [0.29, 0.717) is 43.6 Å². The van der Waals surface area contributed by atoms with Gasteiger partial charge in [-0.15, -0.1) is 0 Å². The Labute approximate surface area is 214 Å². The molecule has 1 heterocycles. The number of nitrogens with zero attached hydrogens (tertiary/aromatic N) is 3. The highest BCUT2D eigenvalue weighted by atomic mass is 16.5. The molecule has 1 unspecified atom stereocenters. The molecule has 8 heteroatoms. The molecule has 0 radical (unpaired) electrons. The lowest BCUT2D eigenvalue weighted by Crippen LogP contribution is -2.38. The Bertz CT molecular complexity index is 1080. The fourth-order valence-electron chi connectivity index (χ4n) is 3.75. The molecular formula is C28H39N3O5. The number of methoxy groups -OCH3 is 2. The molecule has 3 rings (SSSR count). The molecule has 0 amide bonds. The van der Waals surface area contributed by atoms with Crippen LogP contribution in [0.25, 0.3) is 5.69 Å². The van der Waals surface area contributed by atoms with Crippen molar-refractivity contribution >= 4 is 0 Å². The van der Waals surface area contributed by atoms with Gasteiger partial charge in [0, 0.05) is 26.7 Å². The molecule has 0 saturated heterocycles. The molecule has 0 spiro atoms. The van der Waals surface area contributed by atoms with Crippen LogP contribution in [0.2, 0.25) is 0 Å². The Balaban J connectivity index is 1.95. The van der Waals surface area contributed by atoms with Gasteiger partial charge in [-0.3, -0.25) is 4.90 Å². The maximum absolute atomic E-state index is 10.7. The van der Waals surface area contributed by atoms with Crippen LogP contribution < -0.4 is 9.47 Å². The Morgan fingerprint density at radius 1 is 1.00 bits per heavy atom. The molecule has 1 aromatic heterocycles. The standard InChI is InChI=1S/C28H39N3O5/c1-21-24(19-30(16-17-33-5)18-23(32)20-35-28(2,3)4)27(31(29-21)22-12-8-7-9-13-22)36-26-15-11-10-14-25(26)34-6/h7-15,23,32H,16-20H2,1-6H3. The van der Waals surface area contributed by atoms with Crippen molar-refractivity contribution in [1.82, 2.24) is 14.7 Å². The first kappa shape index (κ1) is 27.7. The van der Waals surface area contributed by atoms with Crippen molar-refractivity contribution in [2.45, 2.75) is 45.9 Å². The SMILES string of the molecule is COCCN(Cc1c(C)nn(-c2ccccc2)c1Oc1ccccc1OC)CC(O)COC(C)(C)C. The van der Waals surface area contributed by atoms with Crippen LogP contribution >= 0.6 is 0 Å². The Hall–Kier alpha value is -2.91. The van der Waals surface area contributed by atoms with Crippen molar-refractivity contribution in [2.75, 3.05) is 40.5 Å². The van der Waals surface area contributed by atoms with Crippen LogP contribution in [-0.4, -0.2) is 72.0 Å². The summed E-state index contributed by atoms with van der Waals surface area (Å²) in [5.74, 6) is 1.83. The molecule has 8 nitrogen and oxygen atoms in total. The van der Waals surface area contributed by atoms with Gasteiger partial charge >= 0.3 is 0 Å². The number of ether oxygens (including phenoxy) is 4. The fourth-order valence-corrected chi connectivity index (χ4v) is 3.75. The minimum Gasteiger partial charge on any atom is -0.493 e. The van der Waals surface area contributed by atoms with Crippen molar-refractivity contribution in [3.63, 3.8) is 0 Å². The van der Waals surface area contributed by atoms with Gasteiger partial charge in [0.1, 0.15) is 0 Å². The second-order valence-electron chi connectivity index (χ2n) is 9.67. The summed E-state index contributed by atoms with van der Waals surface area (Å²) in [6.45, 7) is 10.2. The summed E-state index contributed by atoms with van der Waals surface area (Å²) in [6, 6.07) is 17.4. The summed E-state index contributed by atoms with van der Waals surface area (Å²) in [7, 11) is 3.29. The van der Waals surface area contributed by atoms with Crippen LogP contribution in [0.4, 0.5) is 0 Å². The normalized spacial score (nSPS) is 12.7. The quantitative estimate of drug-likeness (QED) is 0.370. The Morgan fingerprint density at radius 2 is 1.67 bits per heavy atom. The van der Waals surface area contributed by atoms with Crippen LogP contribution in [0, 0.1) is 6.92 Å². The molecule has 0 saturated carbocycles. The van der Waals surface area contributed by atoms with E-state index in [-0.39, 0.29) is 12.2 Å². The van der Waals surface area contributed by atoms with Crippen LogP contribution in [0.1, 0.15) is 32.0 Å². The molecule has 0 fully saturated rings. The predicted molar refractivity (Wildman–Crippen MR) is 140 cm³/mol. The number of aliphatic hydroxyl groups is 1. The smallest absolute Gasteiger partial charge is 0.227 e. The van der Waals surface area contributed by atoms with E-state index in [2.05, 4.69) is 4.90 Å². The molecule has 36 heavy (non-hydrogen) atoms. The largest absolute Gasteiger partial charge is 0.493 e. The first-order chi connectivity index (χ1) is 17.2. The Kier molecular flexibility index (Phi) is 9.89. The third-order valence-corrected chi connectivity index (χ3v) is 5.58. The number of para-hydroxylation sites is 3. The van der Waals surface area contributed by atoms with E-state index in [0.717, 1.165) is 16.9 Å². The van der Waals surface area contributed by atoms with E-state index in [4.69, 9.17) is 24.0 Å². The van der Waals surface area contributed by atoms with Gasteiger partial charge in [0.15, 0.2) is 11.5 Å². The van der Waals surface area contributed by atoms with E-state index >= 15 is 0 Å². The van der Waals surface area contributed by atoms with Gasteiger partial charge in [0.25, 0.3) is 0 Å². The molecule has 3 aromatic rings. The third-order valence-electron chi connectivity index (χ3n) is 5.58. The number of aryl methyl sites for hydroxylation is 1. The predicted octanol–water partition coefficient (Wildman–Crippen LogP) is 4.61. The summed E-state index contributed by atoms with van der Waals surface area (Å²) in [6.07, 6.45) is -0.649. The lowest BCUT2D eigenvalue weighted by Gasteiger charge is -2.27. The number of hydrogen-bond donors (Lipinski definition) is 1. The van der Waals surface area contributed by atoms with E-state index in [1.54, 1.807) is 14.2 Å². The van der Waals surface area contributed by atoms with Gasteiger partial charge in [0.2, 0.25) is 5.88 Å². The van der Waals surface area contributed by atoms with Gasteiger partial charge in [-0.05, 0) is 52.0 Å². The van der Waals surface area contributed by atoms with Crippen molar-refractivity contribution in [3.8, 4) is 23.1 Å². The molecule has 2 aromatic carbocycles. The van der Waals surface area contributed by atoms with E-state index in [9.17, 15) is 5.11 Å². The molecule has 196 valence electrons. The third kappa shape index (κ3) is 7.80. The average molecular weight is 498 g/mol. The van der Waals surface area contributed by atoms with Crippen molar-refractivity contribution in [1.29, 1.82) is 0 Å². The van der Waals surface area contributed by atoms with Gasteiger partial charge in [-0.1, -0.05) is 30.3 Å². The molecule has 1 N–H and O–H groups in total. The minimum absolute atomic E-state index is 0.250. The molecule has 1 atom stereocenters. The average Bonchev–Trinajstić information content (AvgIpc) is 3.16. The van der Waals surface area contributed by atoms with E-state index < -0.39 is 6.10 Å². The molecular weight excluding hydrogens is 458 g/mol. The number of benzene rings is 2. The lowest BCUT2D eigenvalue weighted by molar-refractivity contribution is -0.0577. The second-order valence-corrected chi connectivity index (χ2v) is 9.67. The maximum Gasteiger partial charge on any atom is 0.227 e. The molecule has 0 bridgehead atoms. The highest BCUT2D eigenvalue weighted by Crippen LogP contribution is 2.36. The van der Waals surface area contributed by atoms with Gasteiger partial charge in [0.05, 0.1) is 49.0 Å². The van der Waals surface area contributed by atoms with E-state index in [1.807, 2.05) is 87.0 Å². The fraction of sp³-hybridized carbons (Fsp3) is 0.464. The number of rotatable bonds is 13. The topological polar surface area (TPSA) is 78.2 Å². The number of aromatic nitrogens is 2. The van der Waals surface area contributed by atoms with Crippen molar-refractivity contribution in [2.24, 2.45) is 0 Å². The van der Waals surface area contributed by atoms with Crippen molar-refractivity contribution < 1.29 is 24.1 Å². The highest BCUT2D eigenvalue weighted by Gasteiger charge is 2.24.